The monoisotopic (exact) mass is 384 g/mol. The fourth-order valence-corrected chi connectivity index (χ4v) is 4.10. The Morgan fingerprint density at radius 1 is 1.32 bits per heavy atom. The molecule has 0 radical (unpaired) electrons. The second kappa shape index (κ2) is 6.36. The maximum Gasteiger partial charge on any atom is 0.474 e. The van der Waals surface area contributed by atoms with E-state index >= 15 is 0 Å². The second-order valence-corrected chi connectivity index (χ2v) is 8.12. The van der Waals surface area contributed by atoms with Gasteiger partial charge in [-0.25, -0.2) is 13.0 Å². The van der Waals surface area contributed by atoms with E-state index in [0.29, 0.717) is 0 Å². The van der Waals surface area contributed by atoms with Crippen molar-refractivity contribution in [2.45, 2.75) is 37.8 Å². The molecule has 1 amide bonds. The highest BCUT2D eigenvalue weighted by Crippen LogP contribution is 2.29. The van der Waals surface area contributed by atoms with Crippen molar-refractivity contribution < 1.29 is 35.8 Å². The van der Waals surface area contributed by atoms with Crippen molar-refractivity contribution in [2.24, 2.45) is 9.52 Å². The van der Waals surface area contributed by atoms with Crippen molar-refractivity contribution in [1.82, 2.24) is 0 Å². The van der Waals surface area contributed by atoms with Gasteiger partial charge in [-0.2, -0.15) is 13.2 Å². The van der Waals surface area contributed by atoms with Gasteiger partial charge >= 0.3 is 12.1 Å². The van der Waals surface area contributed by atoms with Crippen molar-refractivity contribution in [3.63, 3.8) is 0 Å². The number of carbonyl (C=O) groups is 1. The molecular formula is C14H13F5N2O3S. The Labute approximate surface area is 140 Å². The molecule has 1 aromatic carbocycles. The van der Waals surface area contributed by atoms with Crippen molar-refractivity contribution in [3.05, 3.63) is 35.4 Å². The van der Waals surface area contributed by atoms with Crippen LogP contribution in [0.25, 0.3) is 0 Å². The molecule has 25 heavy (non-hydrogen) atoms. The van der Waals surface area contributed by atoms with E-state index in [9.17, 15) is 31.0 Å². The number of halogens is 5. The van der Waals surface area contributed by atoms with E-state index in [0.717, 1.165) is 18.2 Å². The third-order valence-electron chi connectivity index (χ3n) is 3.21. The average molecular weight is 384 g/mol. The molecule has 1 heterocycles. The Hall–Kier alpha value is -2.04. The second-order valence-electron chi connectivity index (χ2n) is 5.89. The SMILES string of the molecule is CC1(C)CC(S(=O)(Cc2c(F)cccc2F)=NC(=O)C(F)(F)F)=NO1. The number of amides is 1. The molecule has 5 nitrogen and oxygen atoms in total. The summed E-state index contributed by atoms with van der Waals surface area (Å²) in [5.74, 6) is -5.95. The van der Waals surface area contributed by atoms with E-state index in [2.05, 4.69) is 9.52 Å². The van der Waals surface area contributed by atoms with Crippen LogP contribution in [0.15, 0.2) is 27.7 Å². The highest BCUT2D eigenvalue weighted by atomic mass is 32.2. The third kappa shape index (κ3) is 4.33. The number of alkyl halides is 3. The summed E-state index contributed by atoms with van der Waals surface area (Å²) >= 11 is 0. The van der Waals surface area contributed by atoms with Gasteiger partial charge in [-0.1, -0.05) is 11.2 Å². The van der Waals surface area contributed by atoms with Crippen LogP contribution in [-0.2, 0) is 25.1 Å². The summed E-state index contributed by atoms with van der Waals surface area (Å²) in [7, 11) is -4.22. The molecule has 1 aromatic rings. The molecule has 1 atom stereocenters. The molecule has 1 unspecified atom stereocenters. The summed E-state index contributed by atoms with van der Waals surface area (Å²) < 4.78 is 80.9. The van der Waals surface area contributed by atoms with Crippen LogP contribution in [0.3, 0.4) is 0 Å². The molecule has 0 saturated carbocycles. The van der Waals surface area contributed by atoms with Crippen molar-refractivity contribution >= 4 is 20.7 Å². The first-order chi connectivity index (χ1) is 11.3. The highest BCUT2D eigenvalue weighted by molar-refractivity contribution is 8.07. The van der Waals surface area contributed by atoms with Gasteiger partial charge in [0.2, 0.25) is 0 Å². The van der Waals surface area contributed by atoms with Gasteiger partial charge in [-0.05, 0) is 26.0 Å². The van der Waals surface area contributed by atoms with E-state index in [1.807, 2.05) is 0 Å². The summed E-state index contributed by atoms with van der Waals surface area (Å²) in [6.07, 6.45) is -5.59. The lowest BCUT2D eigenvalue weighted by Gasteiger charge is -2.15. The first-order valence-electron chi connectivity index (χ1n) is 6.88. The number of hydrogen-bond donors (Lipinski definition) is 0. The summed E-state index contributed by atoms with van der Waals surface area (Å²) in [4.78, 5) is 16.1. The number of carbonyl (C=O) groups excluding carboxylic acids is 1. The number of oxime groups is 1. The summed E-state index contributed by atoms with van der Waals surface area (Å²) in [6.45, 7) is 3.03. The Bertz CT molecular complexity index is 834. The fourth-order valence-electron chi connectivity index (χ4n) is 1.99. The van der Waals surface area contributed by atoms with Gasteiger partial charge in [0.05, 0.1) is 5.75 Å². The fraction of sp³-hybridized carbons (Fsp3) is 0.429. The van der Waals surface area contributed by atoms with Crippen molar-refractivity contribution in [2.75, 3.05) is 0 Å². The maximum absolute atomic E-state index is 13.8. The molecule has 0 bridgehead atoms. The molecule has 0 saturated heterocycles. The molecule has 1 aliphatic heterocycles. The van der Waals surface area contributed by atoms with Crippen LogP contribution < -0.4 is 0 Å². The van der Waals surface area contributed by atoms with Crippen LogP contribution in [0, 0.1) is 11.6 Å². The number of benzene rings is 1. The molecule has 138 valence electrons. The van der Waals surface area contributed by atoms with Gasteiger partial charge in [0.15, 0.2) is 5.04 Å². The molecule has 0 aliphatic carbocycles. The number of hydrogen-bond acceptors (Lipinski definition) is 4. The first-order valence-corrected chi connectivity index (χ1v) is 8.56. The third-order valence-corrected chi connectivity index (χ3v) is 5.31. The van der Waals surface area contributed by atoms with E-state index in [4.69, 9.17) is 4.84 Å². The Balaban J connectivity index is 2.56. The molecule has 2 rings (SSSR count). The van der Waals surface area contributed by atoms with Gasteiger partial charge < -0.3 is 4.84 Å². The predicted octanol–water partition coefficient (Wildman–Crippen LogP) is 3.53. The standard InChI is InChI=1S/C14H13F5N2O3S/c1-13(2)6-11(20-24-13)25(23,21-12(22)14(17,18)19)7-8-9(15)4-3-5-10(8)16/h3-5H,6-7H2,1-2H3. The number of rotatable bonds is 2. The zero-order valence-corrected chi connectivity index (χ0v) is 13.9. The van der Waals surface area contributed by atoms with Crippen LogP contribution in [0.2, 0.25) is 0 Å². The normalized spacial score (nSPS) is 18.9. The summed E-state index contributed by atoms with van der Waals surface area (Å²) in [5, 5.41) is 2.97. The van der Waals surface area contributed by atoms with Crippen LogP contribution in [0.1, 0.15) is 25.8 Å². The van der Waals surface area contributed by atoms with E-state index in [1.54, 1.807) is 0 Å². The van der Waals surface area contributed by atoms with E-state index in [1.165, 1.54) is 13.8 Å². The molecule has 0 N–H and O–H groups in total. The largest absolute Gasteiger partial charge is 0.474 e. The predicted molar refractivity (Wildman–Crippen MR) is 78.9 cm³/mol. The lowest BCUT2D eigenvalue weighted by molar-refractivity contribution is -0.169. The highest BCUT2D eigenvalue weighted by Gasteiger charge is 2.42. The van der Waals surface area contributed by atoms with Gasteiger partial charge in [-0.3, -0.25) is 4.79 Å². The van der Waals surface area contributed by atoms with E-state index < -0.39 is 55.4 Å². The molecule has 11 heteroatoms. The topological polar surface area (TPSA) is 68.1 Å². The molecule has 0 fully saturated rings. The minimum absolute atomic E-state index is 0.212. The van der Waals surface area contributed by atoms with Crippen molar-refractivity contribution in [3.8, 4) is 0 Å². The minimum Gasteiger partial charge on any atom is -0.389 e. The summed E-state index contributed by atoms with van der Waals surface area (Å²) in [6, 6.07) is 2.73. The molecule has 0 spiro atoms. The van der Waals surface area contributed by atoms with Gasteiger partial charge in [-0.15, -0.1) is 4.36 Å². The Kier molecular flexibility index (Phi) is 4.90. The van der Waals surface area contributed by atoms with Crippen LogP contribution in [-0.4, -0.2) is 26.9 Å². The lowest BCUT2D eigenvalue weighted by Crippen LogP contribution is -2.27. The zero-order chi connectivity index (χ0) is 19.0. The zero-order valence-electron chi connectivity index (χ0n) is 13.1. The summed E-state index contributed by atoms with van der Waals surface area (Å²) in [5.41, 5.74) is -1.75. The van der Waals surface area contributed by atoms with E-state index in [-0.39, 0.29) is 6.42 Å². The first kappa shape index (κ1) is 19.3. The molecule has 1 aliphatic rings. The van der Waals surface area contributed by atoms with Crippen LogP contribution in [0.5, 0.6) is 0 Å². The smallest absolute Gasteiger partial charge is 0.389 e. The van der Waals surface area contributed by atoms with Crippen LogP contribution >= 0.6 is 0 Å². The van der Waals surface area contributed by atoms with Gasteiger partial charge in [0.25, 0.3) is 0 Å². The van der Waals surface area contributed by atoms with Gasteiger partial charge in [0, 0.05) is 12.0 Å². The maximum atomic E-state index is 13.8. The Morgan fingerprint density at radius 3 is 2.32 bits per heavy atom. The molecular weight excluding hydrogens is 371 g/mol. The van der Waals surface area contributed by atoms with Gasteiger partial charge in [0.1, 0.15) is 27.0 Å². The quantitative estimate of drug-likeness (QED) is 0.733. The minimum atomic E-state index is -5.38. The average Bonchev–Trinajstić information content (AvgIpc) is 2.83. The molecule has 0 aromatic heterocycles. The Morgan fingerprint density at radius 2 is 1.88 bits per heavy atom. The van der Waals surface area contributed by atoms with Crippen molar-refractivity contribution in [1.29, 1.82) is 0 Å². The lowest BCUT2D eigenvalue weighted by atomic mass is 10.1. The number of nitrogens with zero attached hydrogens (tertiary/aromatic N) is 2. The van der Waals surface area contributed by atoms with Crippen LogP contribution in [0.4, 0.5) is 22.0 Å².